The van der Waals surface area contributed by atoms with Gasteiger partial charge in [0.25, 0.3) is 5.91 Å². The SMILES string of the molecule is CC(CBr)CNC(=O)c1csc(I)c1. The summed E-state index contributed by atoms with van der Waals surface area (Å²) in [5.41, 5.74) is 0.765. The molecule has 78 valence electrons. The van der Waals surface area contributed by atoms with Crippen molar-refractivity contribution in [1.29, 1.82) is 0 Å². The van der Waals surface area contributed by atoms with E-state index >= 15 is 0 Å². The molecule has 0 saturated carbocycles. The van der Waals surface area contributed by atoms with Crippen LogP contribution in [0.3, 0.4) is 0 Å². The first-order valence-electron chi connectivity index (χ1n) is 4.21. The smallest absolute Gasteiger partial charge is 0.252 e. The third-order valence-electron chi connectivity index (χ3n) is 1.70. The maximum atomic E-state index is 11.6. The summed E-state index contributed by atoms with van der Waals surface area (Å²) in [7, 11) is 0. The van der Waals surface area contributed by atoms with Crippen LogP contribution in [0.1, 0.15) is 17.3 Å². The molecule has 1 atom stereocenters. The highest BCUT2D eigenvalue weighted by atomic mass is 127. The highest BCUT2D eigenvalue weighted by molar-refractivity contribution is 14.1. The summed E-state index contributed by atoms with van der Waals surface area (Å²) >= 11 is 7.18. The number of alkyl halides is 1. The van der Waals surface area contributed by atoms with Crippen molar-refractivity contribution in [2.24, 2.45) is 5.92 Å². The lowest BCUT2D eigenvalue weighted by atomic mass is 10.2. The summed E-state index contributed by atoms with van der Waals surface area (Å²) in [5.74, 6) is 0.494. The second-order valence-corrected chi connectivity index (χ2v) is 6.56. The van der Waals surface area contributed by atoms with Crippen molar-refractivity contribution in [3.8, 4) is 0 Å². The van der Waals surface area contributed by atoms with E-state index in [1.54, 1.807) is 11.3 Å². The maximum Gasteiger partial charge on any atom is 0.252 e. The molecule has 1 aromatic rings. The van der Waals surface area contributed by atoms with Gasteiger partial charge in [0, 0.05) is 17.3 Å². The van der Waals surface area contributed by atoms with Crippen molar-refractivity contribution < 1.29 is 4.79 Å². The second kappa shape index (κ2) is 6.07. The van der Waals surface area contributed by atoms with Gasteiger partial charge in [-0.3, -0.25) is 4.79 Å². The van der Waals surface area contributed by atoms with Crippen molar-refractivity contribution in [3.63, 3.8) is 0 Å². The summed E-state index contributed by atoms with van der Waals surface area (Å²) in [6, 6.07) is 1.90. The summed E-state index contributed by atoms with van der Waals surface area (Å²) in [4.78, 5) is 11.6. The molecule has 0 radical (unpaired) electrons. The van der Waals surface area contributed by atoms with E-state index in [-0.39, 0.29) is 5.91 Å². The molecule has 1 aromatic heterocycles. The van der Waals surface area contributed by atoms with Crippen LogP contribution in [0.25, 0.3) is 0 Å². The predicted molar refractivity (Wildman–Crippen MR) is 72.3 cm³/mol. The van der Waals surface area contributed by atoms with Crippen molar-refractivity contribution >= 4 is 55.8 Å². The van der Waals surface area contributed by atoms with E-state index < -0.39 is 0 Å². The molecule has 1 heterocycles. The molecule has 0 spiro atoms. The van der Waals surface area contributed by atoms with Gasteiger partial charge in [-0.2, -0.15) is 0 Å². The van der Waals surface area contributed by atoms with Crippen LogP contribution in [0.15, 0.2) is 11.4 Å². The predicted octanol–water partition coefficient (Wildman–Crippen LogP) is 3.11. The average molecular weight is 388 g/mol. The number of hydrogen-bond donors (Lipinski definition) is 1. The van der Waals surface area contributed by atoms with Crippen LogP contribution in [0.2, 0.25) is 0 Å². The molecule has 1 unspecified atom stereocenters. The van der Waals surface area contributed by atoms with Crippen LogP contribution < -0.4 is 5.32 Å². The van der Waals surface area contributed by atoms with Crippen molar-refractivity contribution in [3.05, 3.63) is 19.9 Å². The quantitative estimate of drug-likeness (QED) is 0.624. The largest absolute Gasteiger partial charge is 0.352 e. The molecule has 1 amide bonds. The summed E-state index contributed by atoms with van der Waals surface area (Å²) in [6.07, 6.45) is 0. The zero-order chi connectivity index (χ0) is 10.6. The van der Waals surface area contributed by atoms with E-state index in [2.05, 4.69) is 50.8 Å². The normalized spacial score (nSPS) is 12.5. The first-order chi connectivity index (χ1) is 6.63. The number of halogens is 2. The monoisotopic (exact) mass is 387 g/mol. The molecule has 5 heteroatoms. The Bertz CT molecular complexity index is 316. The number of carbonyl (C=O) groups is 1. The van der Waals surface area contributed by atoms with Gasteiger partial charge in [-0.25, -0.2) is 0 Å². The second-order valence-electron chi connectivity index (χ2n) is 3.11. The van der Waals surface area contributed by atoms with Gasteiger partial charge in [0.15, 0.2) is 0 Å². The van der Waals surface area contributed by atoms with Gasteiger partial charge in [-0.15, -0.1) is 11.3 Å². The molecule has 0 saturated heterocycles. The van der Waals surface area contributed by atoms with Gasteiger partial charge in [-0.05, 0) is 34.6 Å². The standard InChI is InChI=1S/C9H11BrINOS/c1-6(3-10)4-12-9(13)7-2-8(11)14-5-7/h2,5-6H,3-4H2,1H3,(H,12,13). The lowest BCUT2D eigenvalue weighted by molar-refractivity contribution is 0.0950. The molecular weight excluding hydrogens is 377 g/mol. The van der Waals surface area contributed by atoms with E-state index in [4.69, 9.17) is 0 Å². The van der Waals surface area contributed by atoms with Crippen LogP contribution in [0.4, 0.5) is 0 Å². The number of carbonyl (C=O) groups excluding carboxylic acids is 1. The molecule has 1 rings (SSSR count). The van der Waals surface area contributed by atoms with Crippen molar-refractivity contribution in [1.82, 2.24) is 5.32 Å². The van der Waals surface area contributed by atoms with E-state index in [0.29, 0.717) is 5.92 Å². The molecular formula is C9H11BrINOS. The molecule has 0 bridgehead atoms. The number of thiophene rings is 1. The van der Waals surface area contributed by atoms with E-state index in [1.807, 2.05) is 11.4 Å². The van der Waals surface area contributed by atoms with Crippen LogP contribution in [0, 0.1) is 8.80 Å². The molecule has 2 nitrogen and oxygen atoms in total. The van der Waals surface area contributed by atoms with Crippen LogP contribution in [-0.4, -0.2) is 17.8 Å². The Morgan fingerprint density at radius 1 is 1.79 bits per heavy atom. The lowest BCUT2D eigenvalue weighted by Gasteiger charge is -2.08. The van der Waals surface area contributed by atoms with Crippen molar-refractivity contribution in [2.75, 3.05) is 11.9 Å². The van der Waals surface area contributed by atoms with Gasteiger partial charge in [0.1, 0.15) is 0 Å². The first-order valence-corrected chi connectivity index (χ1v) is 7.29. The summed E-state index contributed by atoms with van der Waals surface area (Å²) in [6.45, 7) is 2.81. The van der Waals surface area contributed by atoms with E-state index in [0.717, 1.165) is 20.3 Å². The maximum absolute atomic E-state index is 11.6. The average Bonchev–Trinajstić information content (AvgIpc) is 2.60. The lowest BCUT2D eigenvalue weighted by Crippen LogP contribution is -2.28. The fraction of sp³-hybridized carbons (Fsp3) is 0.444. The van der Waals surface area contributed by atoms with Crippen molar-refractivity contribution in [2.45, 2.75) is 6.92 Å². The summed E-state index contributed by atoms with van der Waals surface area (Å²) in [5, 5.41) is 5.69. The fourth-order valence-corrected chi connectivity index (χ4v) is 2.41. The highest BCUT2D eigenvalue weighted by Gasteiger charge is 2.08. The third kappa shape index (κ3) is 3.86. The molecule has 0 aliphatic rings. The Balaban J connectivity index is 2.43. The van der Waals surface area contributed by atoms with Crippen LogP contribution in [-0.2, 0) is 0 Å². The Kier molecular flexibility index (Phi) is 5.40. The minimum atomic E-state index is 0.0250. The Labute approximate surface area is 110 Å². The van der Waals surface area contributed by atoms with Gasteiger partial charge >= 0.3 is 0 Å². The number of hydrogen-bond acceptors (Lipinski definition) is 2. The van der Waals surface area contributed by atoms with Gasteiger partial charge in [0.05, 0.1) is 8.45 Å². The Morgan fingerprint density at radius 2 is 2.50 bits per heavy atom. The Hall–Kier alpha value is 0.380. The fourth-order valence-electron chi connectivity index (χ4n) is 0.853. The van der Waals surface area contributed by atoms with Crippen LogP contribution >= 0.6 is 49.9 Å². The number of nitrogens with one attached hydrogen (secondary N) is 1. The highest BCUT2D eigenvalue weighted by Crippen LogP contribution is 2.16. The van der Waals surface area contributed by atoms with Gasteiger partial charge < -0.3 is 5.32 Å². The zero-order valence-corrected chi connectivity index (χ0v) is 12.3. The molecule has 0 aliphatic heterocycles. The van der Waals surface area contributed by atoms with Gasteiger partial charge in [-0.1, -0.05) is 22.9 Å². The molecule has 14 heavy (non-hydrogen) atoms. The zero-order valence-electron chi connectivity index (χ0n) is 7.72. The van der Waals surface area contributed by atoms with Gasteiger partial charge in [0.2, 0.25) is 0 Å². The van der Waals surface area contributed by atoms with Crippen LogP contribution in [0.5, 0.6) is 0 Å². The molecule has 0 fully saturated rings. The summed E-state index contributed by atoms with van der Waals surface area (Å²) < 4.78 is 1.14. The Morgan fingerprint density at radius 3 is 3.00 bits per heavy atom. The minimum Gasteiger partial charge on any atom is -0.352 e. The molecule has 0 aromatic carbocycles. The molecule has 0 aliphatic carbocycles. The van der Waals surface area contributed by atoms with E-state index in [9.17, 15) is 4.79 Å². The topological polar surface area (TPSA) is 29.1 Å². The minimum absolute atomic E-state index is 0.0250. The third-order valence-corrected chi connectivity index (χ3v) is 4.60. The molecule has 1 N–H and O–H groups in total. The number of amides is 1. The first kappa shape index (κ1) is 12.4. The number of rotatable bonds is 4. The van der Waals surface area contributed by atoms with E-state index in [1.165, 1.54) is 0 Å².